The molecular formula is C33H40O10. The largest absolute Gasteiger partial charge is 0.458 e. The van der Waals surface area contributed by atoms with Gasteiger partial charge in [0.1, 0.15) is 12.2 Å². The summed E-state index contributed by atoms with van der Waals surface area (Å²) in [5.41, 5.74) is -2.48. The monoisotopic (exact) mass is 596 g/mol. The zero-order chi connectivity index (χ0) is 32.3. The van der Waals surface area contributed by atoms with Crippen molar-refractivity contribution in [2.45, 2.75) is 85.7 Å². The van der Waals surface area contributed by atoms with Crippen LogP contribution in [0.1, 0.15) is 72.2 Å². The fourth-order valence-corrected chi connectivity index (χ4v) is 6.11. The first kappa shape index (κ1) is 33.4. The average Bonchev–Trinajstić information content (AvgIpc) is 3.18. The molecule has 0 aromatic heterocycles. The molecule has 10 heteroatoms. The maximum absolute atomic E-state index is 14.4. The Morgan fingerprint density at radius 1 is 0.860 bits per heavy atom. The molecule has 0 spiro atoms. The van der Waals surface area contributed by atoms with Gasteiger partial charge in [-0.1, -0.05) is 58.0 Å². The summed E-state index contributed by atoms with van der Waals surface area (Å²) in [5, 5.41) is 0. The molecule has 10 nitrogen and oxygen atoms in total. The van der Waals surface area contributed by atoms with Gasteiger partial charge in [0.2, 0.25) is 0 Å². The van der Waals surface area contributed by atoms with Crippen molar-refractivity contribution in [3.8, 4) is 0 Å². The molecule has 0 N–H and O–H groups in total. The second kappa shape index (κ2) is 13.1. The van der Waals surface area contributed by atoms with Gasteiger partial charge in [0.15, 0.2) is 23.3 Å². The summed E-state index contributed by atoms with van der Waals surface area (Å²) in [6.07, 6.45) is 0.698. The van der Waals surface area contributed by atoms with Crippen LogP contribution in [0.15, 0.2) is 54.1 Å². The van der Waals surface area contributed by atoms with Crippen molar-refractivity contribution in [2.24, 2.45) is 23.2 Å². The Labute approximate surface area is 251 Å². The van der Waals surface area contributed by atoms with E-state index in [1.807, 2.05) is 0 Å². The van der Waals surface area contributed by atoms with E-state index in [9.17, 15) is 28.8 Å². The van der Waals surface area contributed by atoms with Crippen LogP contribution in [0.25, 0.3) is 0 Å². The molecule has 2 aliphatic carbocycles. The van der Waals surface area contributed by atoms with Crippen molar-refractivity contribution in [1.82, 2.24) is 0 Å². The smallest absolute Gasteiger partial charge is 0.338 e. The molecule has 0 heterocycles. The summed E-state index contributed by atoms with van der Waals surface area (Å²) in [5.74, 6) is -6.54. The zero-order valence-electron chi connectivity index (χ0n) is 25.9. The van der Waals surface area contributed by atoms with Gasteiger partial charge >= 0.3 is 23.9 Å². The number of benzene rings is 1. The fraction of sp³-hybridized carbons (Fsp3) is 0.515. The summed E-state index contributed by atoms with van der Waals surface area (Å²) < 4.78 is 23.1. The molecular weight excluding hydrogens is 556 g/mol. The predicted molar refractivity (Wildman–Crippen MR) is 154 cm³/mol. The van der Waals surface area contributed by atoms with Crippen LogP contribution in [-0.4, -0.2) is 59.4 Å². The molecule has 1 fully saturated rings. The molecule has 232 valence electrons. The third kappa shape index (κ3) is 7.29. The minimum absolute atomic E-state index is 0.0283. The summed E-state index contributed by atoms with van der Waals surface area (Å²) in [4.78, 5) is 78.5. The molecule has 0 bridgehead atoms. The van der Waals surface area contributed by atoms with Gasteiger partial charge in [0.05, 0.1) is 11.5 Å². The third-order valence-electron chi connectivity index (χ3n) is 7.96. The molecule has 7 atom stereocenters. The maximum Gasteiger partial charge on any atom is 0.338 e. The number of Topliss-reactive ketones (excluding diaryl/α,β-unsaturated/α-hetero) is 1. The van der Waals surface area contributed by atoms with E-state index in [0.29, 0.717) is 0 Å². The predicted octanol–water partition coefficient (Wildman–Crippen LogP) is 4.35. The summed E-state index contributed by atoms with van der Waals surface area (Å²) in [6, 6.07) is 8.24. The first-order chi connectivity index (χ1) is 20.0. The van der Waals surface area contributed by atoms with Gasteiger partial charge in [-0.25, -0.2) is 4.79 Å². The van der Waals surface area contributed by atoms with Gasteiger partial charge in [-0.2, -0.15) is 0 Å². The van der Waals surface area contributed by atoms with E-state index in [0.717, 1.165) is 0 Å². The number of carbonyl (C=O) groups excluding carboxylic acids is 6. The van der Waals surface area contributed by atoms with E-state index >= 15 is 0 Å². The van der Waals surface area contributed by atoms with Crippen LogP contribution in [0, 0.1) is 23.2 Å². The lowest BCUT2D eigenvalue weighted by Gasteiger charge is -2.40. The SMILES string of the molecule is CC(=O)O[C@@H]1C(C)=CC(=O)[C@H](OC(C)=O)C(C)(C)C=C[C@H](C)C(=O)[C@@]2(OC(C)=O)C[C@@H](C)[C@@H](OC(=O)c3ccccc3)[C@@H]12. The lowest BCUT2D eigenvalue weighted by atomic mass is 9.74. The van der Waals surface area contributed by atoms with Gasteiger partial charge in [-0.3, -0.25) is 24.0 Å². The molecule has 1 aromatic rings. The van der Waals surface area contributed by atoms with Gasteiger partial charge < -0.3 is 18.9 Å². The first-order valence-corrected chi connectivity index (χ1v) is 14.3. The highest BCUT2D eigenvalue weighted by molar-refractivity contribution is 5.97. The molecule has 0 saturated heterocycles. The zero-order valence-corrected chi connectivity index (χ0v) is 25.9. The number of esters is 4. The van der Waals surface area contributed by atoms with E-state index in [-0.39, 0.29) is 17.6 Å². The quantitative estimate of drug-likeness (QED) is 0.274. The number of allylic oxidation sites excluding steroid dienone is 1. The molecule has 1 saturated carbocycles. The second-order valence-corrected chi connectivity index (χ2v) is 12.1. The minimum Gasteiger partial charge on any atom is -0.458 e. The van der Waals surface area contributed by atoms with Crippen molar-refractivity contribution in [3.05, 3.63) is 59.7 Å². The van der Waals surface area contributed by atoms with Crippen molar-refractivity contribution >= 4 is 35.4 Å². The van der Waals surface area contributed by atoms with Crippen molar-refractivity contribution < 1.29 is 47.7 Å². The highest BCUT2D eigenvalue weighted by atomic mass is 16.6. The molecule has 2 aliphatic rings. The number of ketones is 2. The molecule has 1 aromatic carbocycles. The van der Waals surface area contributed by atoms with Crippen molar-refractivity contribution in [1.29, 1.82) is 0 Å². The Bertz CT molecular complexity index is 1340. The minimum atomic E-state index is -1.88. The van der Waals surface area contributed by atoms with Crippen molar-refractivity contribution in [2.75, 3.05) is 0 Å². The first-order valence-electron chi connectivity index (χ1n) is 14.3. The molecule has 0 radical (unpaired) electrons. The van der Waals surface area contributed by atoms with Crippen molar-refractivity contribution in [3.63, 3.8) is 0 Å². The van der Waals surface area contributed by atoms with E-state index in [1.165, 1.54) is 33.8 Å². The van der Waals surface area contributed by atoms with Gasteiger partial charge in [0.25, 0.3) is 0 Å². The van der Waals surface area contributed by atoms with E-state index in [1.54, 1.807) is 70.2 Å². The van der Waals surface area contributed by atoms with Crippen LogP contribution in [-0.2, 0) is 42.9 Å². The van der Waals surface area contributed by atoms with Crippen LogP contribution >= 0.6 is 0 Å². The van der Waals surface area contributed by atoms with Crippen LogP contribution < -0.4 is 0 Å². The normalized spacial score (nSPS) is 30.6. The third-order valence-corrected chi connectivity index (χ3v) is 7.96. The topological polar surface area (TPSA) is 139 Å². The van der Waals surface area contributed by atoms with Gasteiger partial charge in [-0.15, -0.1) is 0 Å². The maximum atomic E-state index is 14.4. The highest BCUT2D eigenvalue weighted by Gasteiger charge is 2.64. The van der Waals surface area contributed by atoms with Crippen LogP contribution in [0.5, 0.6) is 0 Å². The van der Waals surface area contributed by atoms with E-state index in [4.69, 9.17) is 18.9 Å². The van der Waals surface area contributed by atoms with Gasteiger partial charge in [0, 0.05) is 38.5 Å². The molecule has 0 unspecified atom stereocenters. The van der Waals surface area contributed by atoms with E-state index < -0.39 is 82.5 Å². The van der Waals surface area contributed by atoms with Gasteiger partial charge in [-0.05, 0) is 36.6 Å². The average molecular weight is 597 g/mol. The van der Waals surface area contributed by atoms with Crippen LogP contribution in [0.4, 0.5) is 0 Å². The number of carbonyl (C=O) groups is 6. The Hall–Kier alpha value is -4.08. The standard InChI is InChI=1S/C33H40O10/c1-18-14-15-32(7,8)30(41-22(5)35)25(37)16-19(2)27(40-21(4)34)26-28(42-31(39)24-12-10-9-11-13-24)20(3)17-33(26,29(18)38)43-23(6)36/h9-16,18,20,26-28,30H,17H2,1-8H3/t18-,20+,26+,27+,28+,30-,33+/m0/s1. The summed E-state index contributed by atoms with van der Waals surface area (Å²) in [6.45, 7) is 11.8. The molecule has 0 aliphatic heterocycles. The molecule has 3 rings (SSSR count). The number of fused-ring (bicyclic) bond motifs is 1. The summed E-state index contributed by atoms with van der Waals surface area (Å²) >= 11 is 0. The Morgan fingerprint density at radius 2 is 1.47 bits per heavy atom. The Balaban J connectivity index is 2.31. The lowest BCUT2D eigenvalue weighted by Crippen LogP contribution is -2.56. The molecule has 43 heavy (non-hydrogen) atoms. The lowest BCUT2D eigenvalue weighted by molar-refractivity contribution is -0.182. The summed E-state index contributed by atoms with van der Waals surface area (Å²) in [7, 11) is 0. The van der Waals surface area contributed by atoms with Crippen LogP contribution in [0.3, 0.4) is 0 Å². The highest BCUT2D eigenvalue weighted by Crippen LogP contribution is 2.50. The Kier molecular flexibility index (Phi) is 10.1. The van der Waals surface area contributed by atoms with Crippen LogP contribution in [0.2, 0.25) is 0 Å². The van der Waals surface area contributed by atoms with E-state index in [2.05, 4.69) is 0 Å². The Morgan fingerprint density at radius 3 is 2.02 bits per heavy atom. The number of hydrogen-bond donors (Lipinski definition) is 0. The number of ether oxygens (including phenoxy) is 4. The fourth-order valence-electron chi connectivity index (χ4n) is 6.11. The number of rotatable bonds is 5. The number of hydrogen-bond acceptors (Lipinski definition) is 10. The molecule has 0 amide bonds. The second-order valence-electron chi connectivity index (χ2n) is 12.1.